The molecule has 0 saturated carbocycles. The van der Waals surface area contributed by atoms with Crippen LogP contribution in [0.2, 0.25) is 0 Å². The zero-order chi connectivity index (χ0) is 18.6. The zero-order valence-electron chi connectivity index (χ0n) is 14.8. The van der Waals surface area contributed by atoms with Crippen LogP contribution in [0.4, 0.5) is 5.69 Å². The molecule has 1 amide bonds. The molecule has 0 aliphatic carbocycles. The molecule has 0 saturated heterocycles. The standard InChI is InChI=1S/C22H18N4O/c1-16-14-21(17-6-3-2-4-7-17)26(25-16)20-11-9-18(10-12-20)22(27)24-19-8-5-13-23-15-19/h2-15H,1H3,(H,24,27). The van der Waals surface area contributed by atoms with E-state index in [0.717, 1.165) is 22.6 Å². The van der Waals surface area contributed by atoms with Gasteiger partial charge in [-0.3, -0.25) is 9.78 Å². The Bertz CT molecular complexity index is 1050. The maximum atomic E-state index is 12.4. The summed E-state index contributed by atoms with van der Waals surface area (Å²) in [6.07, 6.45) is 3.28. The summed E-state index contributed by atoms with van der Waals surface area (Å²) >= 11 is 0. The molecule has 2 aromatic carbocycles. The van der Waals surface area contributed by atoms with Gasteiger partial charge in [0.1, 0.15) is 0 Å². The summed E-state index contributed by atoms with van der Waals surface area (Å²) in [6, 6.07) is 23.2. The van der Waals surface area contributed by atoms with E-state index >= 15 is 0 Å². The van der Waals surface area contributed by atoms with Crippen LogP contribution in [0.5, 0.6) is 0 Å². The SMILES string of the molecule is Cc1cc(-c2ccccc2)n(-c2ccc(C(=O)Nc3cccnc3)cc2)n1. The van der Waals surface area contributed by atoms with Gasteiger partial charge in [-0.2, -0.15) is 5.10 Å². The molecule has 0 atom stereocenters. The van der Waals surface area contributed by atoms with Crippen LogP contribution in [0.3, 0.4) is 0 Å². The molecule has 0 unspecified atom stereocenters. The highest BCUT2D eigenvalue weighted by Gasteiger charge is 2.11. The van der Waals surface area contributed by atoms with Crippen LogP contribution in [0.15, 0.2) is 85.2 Å². The van der Waals surface area contributed by atoms with Crippen molar-refractivity contribution in [1.29, 1.82) is 0 Å². The first-order valence-electron chi connectivity index (χ1n) is 8.64. The number of rotatable bonds is 4. The Kier molecular flexibility index (Phi) is 4.49. The quantitative estimate of drug-likeness (QED) is 0.587. The molecule has 5 heteroatoms. The van der Waals surface area contributed by atoms with Crippen LogP contribution in [0.1, 0.15) is 16.1 Å². The van der Waals surface area contributed by atoms with Crippen molar-refractivity contribution in [2.24, 2.45) is 0 Å². The number of anilines is 1. The first-order valence-corrected chi connectivity index (χ1v) is 8.64. The van der Waals surface area contributed by atoms with E-state index in [4.69, 9.17) is 0 Å². The van der Waals surface area contributed by atoms with Gasteiger partial charge < -0.3 is 5.32 Å². The monoisotopic (exact) mass is 354 g/mol. The minimum atomic E-state index is -0.172. The topological polar surface area (TPSA) is 59.8 Å². The van der Waals surface area contributed by atoms with Crippen LogP contribution < -0.4 is 5.32 Å². The smallest absolute Gasteiger partial charge is 0.255 e. The minimum Gasteiger partial charge on any atom is -0.321 e. The van der Waals surface area contributed by atoms with E-state index in [9.17, 15) is 4.79 Å². The van der Waals surface area contributed by atoms with Crippen molar-refractivity contribution in [1.82, 2.24) is 14.8 Å². The van der Waals surface area contributed by atoms with E-state index in [1.54, 1.807) is 36.7 Å². The Balaban J connectivity index is 1.61. The lowest BCUT2D eigenvalue weighted by molar-refractivity contribution is 0.102. The summed E-state index contributed by atoms with van der Waals surface area (Å²) in [5.41, 5.74) is 5.19. The number of hydrogen-bond donors (Lipinski definition) is 1. The summed E-state index contributed by atoms with van der Waals surface area (Å²) < 4.78 is 1.90. The highest BCUT2D eigenvalue weighted by Crippen LogP contribution is 2.24. The Morgan fingerprint density at radius 2 is 1.74 bits per heavy atom. The van der Waals surface area contributed by atoms with Gasteiger partial charge in [0.2, 0.25) is 0 Å². The molecular weight excluding hydrogens is 336 g/mol. The number of nitrogens with one attached hydrogen (secondary N) is 1. The van der Waals surface area contributed by atoms with Crippen molar-refractivity contribution in [3.63, 3.8) is 0 Å². The van der Waals surface area contributed by atoms with E-state index in [1.807, 2.05) is 41.9 Å². The molecule has 4 aromatic rings. The number of amides is 1. The van der Waals surface area contributed by atoms with Crippen molar-refractivity contribution in [2.75, 3.05) is 5.32 Å². The summed E-state index contributed by atoms with van der Waals surface area (Å²) in [5.74, 6) is -0.172. The third-order valence-electron chi connectivity index (χ3n) is 4.19. The summed E-state index contributed by atoms with van der Waals surface area (Å²) in [5, 5.41) is 7.44. The maximum Gasteiger partial charge on any atom is 0.255 e. The molecule has 0 fully saturated rings. The van der Waals surface area contributed by atoms with Gasteiger partial charge in [-0.1, -0.05) is 30.3 Å². The van der Waals surface area contributed by atoms with Gasteiger partial charge in [-0.05, 0) is 49.4 Å². The molecule has 2 aromatic heterocycles. The lowest BCUT2D eigenvalue weighted by atomic mass is 10.1. The molecule has 0 aliphatic heterocycles. The Hall–Kier alpha value is -3.73. The second-order valence-electron chi connectivity index (χ2n) is 6.19. The van der Waals surface area contributed by atoms with E-state index in [-0.39, 0.29) is 5.91 Å². The van der Waals surface area contributed by atoms with E-state index < -0.39 is 0 Å². The van der Waals surface area contributed by atoms with Crippen molar-refractivity contribution in [2.45, 2.75) is 6.92 Å². The van der Waals surface area contributed by atoms with Crippen LogP contribution in [0.25, 0.3) is 16.9 Å². The fourth-order valence-electron chi connectivity index (χ4n) is 2.90. The van der Waals surface area contributed by atoms with Crippen LogP contribution >= 0.6 is 0 Å². The number of pyridine rings is 1. The Morgan fingerprint density at radius 1 is 0.963 bits per heavy atom. The highest BCUT2D eigenvalue weighted by atomic mass is 16.1. The second-order valence-corrected chi connectivity index (χ2v) is 6.19. The number of hydrogen-bond acceptors (Lipinski definition) is 3. The number of aromatic nitrogens is 3. The molecule has 0 bridgehead atoms. The number of nitrogens with zero attached hydrogens (tertiary/aromatic N) is 3. The van der Waals surface area contributed by atoms with Gasteiger partial charge in [0.15, 0.2) is 0 Å². The minimum absolute atomic E-state index is 0.172. The van der Waals surface area contributed by atoms with Crippen LogP contribution in [-0.4, -0.2) is 20.7 Å². The number of carbonyl (C=O) groups excluding carboxylic acids is 1. The molecule has 132 valence electrons. The molecule has 1 N–H and O–H groups in total. The van der Waals surface area contributed by atoms with Crippen molar-refractivity contribution in [3.8, 4) is 16.9 Å². The molecule has 0 spiro atoms. The lowest BCUT2D eigenvalue weighted by Crippen LogP contribution is -2.12. The summed E-state index contributed by atoms with van der Waals surface area (Å²) in [7, 11) is 0. The molecule has 4 rings (SSSR count). The largest absolute Gasteiger partial charge is 0.321 e. The summed E-state index contributed by atoms with van der Waals surface area (Å²) in [4.78, 5) is 16.4. The average molecular weight is 354 g/mol. The van der Waals surface area contributed by atoms with Crippen molar-refractivity contribution >= 4 is 11.6 Å². The third-order valence-corrected chi connectivity index (χ3v) is 4.19. The first-order chi connectivity index (χ1) is 13.2. The van der Waals surface area contributed by atoms with Crippen LogP contribution in [-0.2, 0) is 0 Å². The second kappa shape index (κ2) is 7.25. The van der Waals surface area contributed by atoms with Crippen molar-refractivity contribution < 1.29 is 4.79 Å². The van der Waals surface area contributed by atoms with Crippen LogP contribution in [0, 0.1) is 6.92 Å². The van der Waals surface area contributed by atoms with Crippen molar-refractivity contribution in [3.05, 3.63) is 96.4 Å². The predicted octanol–water partition coefficient (Wildman–Crippen LogP) is 4.50. The van der Waals surface area contributed by atoms with E-state index in [0.29, 0.717) is 11.3 Å². The lowest BCUT2D eigenvalue weighted by Gasteiger charge is -2.09. The molecule has 0 radical (unpaired) electrons. The number of aryl methyl sites for hydroxylation is 1. The Morgan fingerprint density at radius 3 is 2.44 bits per heavy atom. The summed E-state index contributed by atoms with van der Waals surface area (Å²) in [6.45, 7) is 1.97. The van der Waals surface area contributed by atoms with Gasteiger partial charge in [0, 0.05) is 17.3 Å². The maximum absolute atomic E-state index is 12.4. The van der Waals surface area contributed by atoms with E-state index in [1.165, 1.54) is 0 Å². The number of carbonyl (C=O) groups is 1. The average Bonchev–Trinajstić information content (AvgIpc) is 3.11. The molecule has 27 heavy (non-hydrogen) atoms. The van der Waals surface area contributed by atoms with Gasteiger partial charge in [-0.25, -0.2) is 4.68 Å². The fourth-order valence-corrected chi connectivity index (χ4v) is 2.90. The fraction of sp³-hybridized carbons (Fsp3) is 0.0455. The molecular formula is C22H18N4O. The Labute approximate surface area is 157 Å². The zero-order valence-corrected chi connectivity index (χ0v) is 14.8. The first kappa shape index (κ1) is 16.7. The molecule has 5 nitrogen and oxygen atoms in total. The normalized spacial score (nSPS) is 10.6. The van der Waals surface area contributed by atoms with Gasteiger partial charge >= 0.3 is 0 Å². The van der Waals surface area contributed by atoms with E-state index in [2.05, 4.69) is 33.6 Å². The predicted molar refractivity (Wildman–Crippen MR) is 106 cm³/mol. The van der Waals surface area contributed by atoms with Gasteiger partial charge in [-0.15, -0.1) is 0 Å². The molecule has 0 aliphatic rings. The van der Waals surface area contributed by atoms with Gasteiger partial charge in [0.05, 0.1) is 29.0 Å². The third kappa shape index (κ3) is 3.62. The van der Waals surface area contributed by atoms with Gasteiger partial charge in [0.25, 0.3) is 5.91 Å². The number of benzene rings is 2. The molecule has 2 heterocycles. The highest BCUT2D eigenvalue weighted by molar-refractivity contribution is 6.04.